The van der Waals surface area contributed by atoms with Crippen LogP contribution in [0.3, 0.4) is 0 Å². The molecule has 0 aromatic heterocycles. The van der Waals surface area contributed by atoms with Crippen LogP contribution in [0.5, 0.6) is 0 Å². The summed E-state index contributed by atoms with van der Waals surface area (Å²) in [5, 5.41) is 21.0. The number of carbonyl (C=O) groups excluding carboxylic acids is 1. The minimum absolute atomic E-state index is 0.363. The Morgan fingerprint density at radius 3 is 2.43 bits per heavy atom. The number of aryl methyl sites for hydroxylation is 1. The lowest BCUT2D eigenvalue weighted by Gasteiger charge is -2.20. The number of aliphatic hydroxyl groups excluding tert-OH is 1. The Kier molecular flexibility index (Phi) is 5.32. The highest BCUT2D eigenvalue weighted by Gasteiger charge is 2.17. The van der Waals surface area contributed by atoms with E-state index in [9.17, 15) is 14.7 Å². The molecule has 0 heterocycles. The van der Waals surface area contributed by atoms with Crippen LogP contribution in [0.25, 0.3) is 0 Å². The Morgan fingerprint density at radius 2 is 1.95 bits per heavy atom. The van der Waals surface area contributed by atoms with E-state index in [0.29, 0.717) is 16.8 Å². The van der Waals surface area contributed by atoms with Crippen molar-refractivity contribution >= 4 is 17.7 Å². The number of carboxylic acid groups (broad SMARTS) is 1. The lowest BCUT2D eigenvalue weighted by atomic mass is 10.0. The van der Waals surface area contributed by atoms with Gasteiger partial charge in [-0.3, -0.25) is 10.1 Å². The molecule has 0 unspecified atom stereocenters. The number of aliphatic carboxylic acids is 1. The number of carboxylic acids is 1. The van der Waals surface area contributed by atoms with Crippen LogP contribution in [0.1, 0.15) is 44.4 Å². The van der Waals surface area contributed by atoms with E-state index >= 15 is 0 Å². The van der Waals surface area contributed by atoms with Gasteiger partial charge in [0.05, 0.1) is 12.5 Å². The molecule has 0 saturated heterocycles. The molecule has 1 atom stereocenters. The fourth-order valence-electron chi connectivity index (χ4n) is 1.73. The molecule has 0 fully saturated rings. The van der Waals surface area contributed by atoms with Gasteiger partial charge in [-0.1, -0.05) is 12.1 Å². The number of ether oxygens (including phenoxy) is 1. The molecule has 1 aromatic carbocycles. The van der Waals surface area contributed by atoms with E-state index < -0.39 is 23.8 Å². The molecule has 1 amide bonds. The summed E-state index contributed by atoms with van der Waals surface area (Å²) in [4.78, 5) is 22.3. The van der Waals surface area contributed by atoms with Gasteiger partial charge in [-0.2, -0.15) is 0 Å². The summed E-state index contributed by atoms with van der Waals surface area (Å²) in [6.07, 6.45) is -2.00. The van der Waals surface area contributed by atoms with Crippen molar-refractivity contribution in [3.8, 4) is 0 Å². The topological polar surface area (TPSA) is 95.9 Å². The summed E-state index contributed by atoms with van der Waals surface area (Å²) in [5.74, 6) is -1.07. The van der Waals surface area contributed by atoms with E-state index in [2.05, 4.69) is 5.32 Å². The number of anilines is 1. The average molecular weight is 295 g/mol. The lowest BCUT2D eigenvalue weighted by molar-refractivity contribution is -0.139. The smallest absolute Gasteiger partial charge is 0.412 e. The Bertz CT molecular complexity index is 533. The Balaban J connectivity index is 2.79. The lowest BCUT2D eigenvalue weighted by Crippen LogP contribution is -2.27. The number of hydrogen-bond acceptors (Lipinski definition) is 4. The van der Waals surface area contributed by atoms with Crippen LogP contribution < -0.4 is 5.32 Å². The molecule has 1 rings (SSSR count). The SMILES string of the molecule is Cc1cc([C@@H](O)CC(=O)O)ccc1NC(=O)OC(C)(C)C. The molecule has 0 saturated carbocycles. The van der Waals surface area contributed by atoms with E-state index in [1.165, 1.54) is 0 Å². The van der Waals surface area contributed by atoms with E-state index in [4.69, 9.17) is 9.84 Å². The van der Waals surface area contributed by atoms with Crippen LogP contribution in [-0.4, -0.2) is 27.9 Å². The van der Waals surface area contributed by atoms with Crippen molar-refractivity contribution in [2.45, 2.75) is 45.8 Å². The van der Waals surface area contributed by atoms with Crippen LogP contribution in [0.2, 0.25) is 0 Å². The van der Waals surface area contributed by atoms with Gasteiger partial charge in [-0.25, -0.2) is 4.79 Å². The molecule has 116 valence electrons. The molecule has 0 aliphatic rings. The highest BCUT2D eigenvalue weighted by molar-refractivity contribution is 5.86. The molecular formula is C15H21NO5. The molecule has 0 spiro atoms. The van der Waals surface area contributed by atoms with Crippen LogP contribution in [0, 0.1) is 6.92 Å². The zero-order valence-corrected chi connectivity index (χ0v) is 12.6. The first-order valence-electron chi connectivity index (χ1n) is 6.59. The van der Waals surface area contributed by atoms with Crippen LogP contribution in [-0.2, 0) is 9.53 Å². The maximum absolute atomic E-state index is 11.7. The summed E-state index contributed by atoms with van der Waals surface area (Å²) in [6.45, 7) is 7.06. The molecule has 6 heteroatoms. The first kappa shape index (κ1) is 17.0. The summed E-state index contributed by atoms with van der Waals surface area (Å²) in [6, 6.07) is 4.83. The number of carbonyl (C=O) groups is 2. The van der Waals surface area contributed by atoms with Crippen molar-refractivity contribution in [2.24, 2.45) is 0 Å². The molecule has 0 radical (unpaired) electrons. The van der Waals surface area contributed by atoms with E-state index in [0.717, 1.165) is 0 Å². The highest BCUT2D eigenvalue weighted by atomic mass is 16.6. The number of hydrogen-bond donors (Lipinski definition) is 3. The maximum atomic E-state index is 11.7. The van der Waals surface area contributed by atoms with Crippen LogP contribution >= 0.6 is 0 Å². The first-order valence-corrected chi connectivity index (χ1v) is 6.59. The third-order valence-corrected chi connectivity index (χ3v) is 2.64. The average Bonchev–Trinajstić information content (AvgIpc) is 2.28. The normalized spacial score (nSPS) is 12.6. The predicted octanol–water partition coefficient (Wildman–Crippen LogP) is 2.85. The van der Waals surface area contributed by atoms with Gasteiger partial charge in [0.2, 0.25) is 0 Å². The monoisotopic (exact) mass is 295 g/mol. The largest absolute Gasteiger partial charge is 0.481 e. The van der Waals surface area contributed by atoms with Crippen molar-refractivity contribution in [1.82, 2.24) is 0 Å². The van der Waals surface area contributed by atoms with Gasteiger partial charge in [-0.05, 0) is 44.9 Å². The second kappa shape index (κ2) is 6.58. The summed E-state index contributed by atoms with van der Waals surface area (Å²) >= 11 is 0. The standard InChI is InChI=1S/C15H21NO5/c1-9-7-10(12(17)8-13(18)19)5-6-11(9)16-14(20)21-15(2,3)4/h5-7,12,17H,8H2,1-4H3,(H,16,20)(H,18,19)/t12-/m0/s1. The fourth-order valence-corrected chi connectivity index (χ4v) is 1.73. The van der Waals surface area contributed by atoms with Gasteiger partial charge >= 0.3 is 12.1 Å². The van der Waals surface area contributed by atoms with Crippen molar-refractivity contribution in [1.29, 1.82) is 0 Å². The summed E-state index contributed by atoms with van der Waals surface area (Å²) in [5.41, 5.74) is 1.17. The fraction of sp³-hybridized carbons (Fsp3) is 0.467. The maximum Gasteiger partial charge on any atom is 0.412 e. The van der Waals surface area contributed by atoms with Crippen molar-refractivity contribution in [2.75, 3.05) is 5.32 Å². The number of nitrogens with one attached hydrogen (secondary N) is 1. The summed E-state index contributed by atoms with van der Waals surface area (Å²) in [7, 11) is 0. The minimum atomic E-state index is -1.07. The predicted molar refractivity (Wildman–Crippen MR) is 78.2 cm³/mol. The van der Waals surface area contributed by atoms with E-state index in [1.54, 1.807) is 45.9 Å². The molecule has 0 aliphatic carbocycles. The van der Waals surface area contributed by atoms with Gasteiger partial charge in [0.25, 0.3) is 0 Å². The molecular weight excluding hydrogens is 274 g/mol. The number of aliphatic hydroxyl groups is 1. The molecule has 6 nitrogen and oxygen atoms in total. The van der Waals surface area contributed by atoms with Gasteiger partial charge in [-0.15, -0.1) is 0 Å². The molecule has 0 aliphatic heterocycles. The Morgan fingerprint density at radius 1 is 1.33 bits per heavy atom. The second-order valence-electron chi connectivity index (χ2n) is 5.81. The van der Waals surface area contributed by atoms with Gasteiger partial charge in [0, 0.05) is 5.69 Å². The van der Waals surface area contributed by atoms with Gasteiger partial charge < -0.3 is 14.9 Å². The van der Waals surface area contributed by atoms with Crippen LogP contribution in [0.4, 0.5) is 10.5 Å². The molecule has 1 aromatic rings. The number of amides is 1. The third-order valence-electron chi connectivity index (χ3n) is 2.64. The second-order valence-corrected chi connectivity index (χ2v) is 5.81. The Hall–Kier alpha value is -2.08. The van der Waals surface area contributed by atoms with E-state index in [-0.39, 0.29) is 6.42 Å². The van der Waals surface area contributed by atoms with Crippen molar-refractivity contribution in [3.63, 3.8) is 0 Å². The third kappa shape index (κ3) is 5.83. The minimum Gasteiger partial charge on any atom is -0.481 e. The molecule has 0 bridgehead atoms. The van der Waals surface area contributed by atoms with Crippen LogP contribution in [0.15, 0.2) is 18.2 Å². The first-order chi connectivity index (χ1) is 9.58. The van der Waals surface area contributed by atoms with Crippen molar-refractivity contribution < 1.29 is 24.5 Å². The van der Waals surface area contributed by atoms with Gasteiger partial charge in [0.1, 0.15) is 5.60 Å². The summed E-state index contributed by atoms with van der Waals surface area (Å²) < 4.78 is 5.15. The number of benzene rings is 1. The number of rotatable bonds is 4. The van der Waals surface area contributed by atoms with E-state index in [1.807, 2.05) is 0 Å². The highest BCUT2D eigenvalue weighted by Crippen LogP contribution is 2.23. The quantitative estimate of drug-likeness (QED) is 0.793. The zero-order chi connectivity index (χ0) is 16.2. The molecule has 3 N–H and O–H groups in total. The van der Waals surface area contributed by atoms with Crippen molar-refractivity contribution in [3.05, 3.63) is 29.3 Å². The molecule has 21 heavy (non-hydrogen) atoms. The Labute approximate surface area is 123 Å². The zero-order valence-electron chi connectivity index (χ0n) is 12.6. The van der Waals surface area contributed by atoms with Gasteiger partial charge in [0.15, 0.2) is 0 Å².